The Hall–Kier alpha value is -1.11. The number of fused-ring (bicyclic) bond motifs is 1. The molecule has 90 valence electrons. The number of carbonyl (C=O) groups excluding carboxylic acids is 1. The molecule has 0 saturated heterocycles. The summed E-state index contributed by atoms with van der Waals surface area (Å²) >= 11 is 0. The molecule has 2 aliphatic carbocycles. The molecule has 1 unspecified atom stereocenters. The molecule has 1 saturated carbocycles. The van der Waals surface area contributed by atoms with Crippen LogP contribution < -0.4 is 0 Å². The summed E-state index contributed by atoms with van der Waals surface area (Å²) in [7, 11) is 0. The van der Waals surface area contributed by atoms with Crippen molar-refractivity contribution in [2.75, 3.05) is 0 Å². The largest absolute Gasteiger partial charge is 0.299 e. The Morgan fingerprint density at radius 2 is 1.76 bits per heavy atom. The summed E-state index contributed by atoms with van der Waals surface area (Å²) in [5.74, 6) is 1.11. The summed E-state index contributed by atoms with van der Waals surface area (Å²) in [4.78, 5) is 12.6. The summed E-state index contributed by atoms with van der Waals surface area (Å²) in [6, 6.07) is 8.51. The molecule has 1 fully saturated rings. The lowest BCUT2D eigenvalue weighted by Crippen LogP contribution is -2.23. The van der Waals surface area contributed by atoms with Crippen molar-refractivity contribution in [2.45, 2.75) is 50.9 Å². The minimum absolute atomic E-state index is 0.217. The molecule has 17 heavy (non-hydrogen) atoms. The summed E-state index contributed by atoms with van der Waals surface area (Å²) < 4.78 is 0. The highest BCUT2D eigenvalue weighted by Gasteiger charge is 2.33. The molecule has 0 aliphatic heterocycles. The zero-order valence-electron chi connectivity index (χ0n) is 10.3. The molecule has 1 atom stereocenters. The molecule has 1 heteroatoms. The van der Waals surface area contributed by atoms with E-state index in [1.54, 1.807) is 0 Å². The summed E-state index contributed by atoms with van der Waals surface area (Å²) in [6.07, 6.45) is 8.25. The topological polar surface area (TPSA) is 17.1 Å². The van der Waals surface area contributed by atoms with Crippen LogP contribution in [0.2, 0.25) is 0 Å². The Kier molecular flexibility index (Phi) is 3.00. The molecule has 0 radical (unpaired) electrons. The fourth-order valence-corrected chi connectivity index (χ4v) is 3.52. The first-order chi connectivity index (χ1) is 8.36. The van der Waals surface area contributed by atoms with Gasteiger partial charge in [0.15, 0.2) is 0 Å². The first-order valence-corrected chi connectivity index (χ1v) is 6.98. The minimum Gasteiger partial charge on any atom is -0.299 e. The first-order valence-electron chi connectivity index (χ1n) is 6.98. The van der Waals surface area contributed by atoms with Gasteiger partial charge in [-0.25, -0.2) is 0 Å². The van der Waals surface area contributed by atoms with Crippen LogP contribution in [-0.4, -0.2) is 5.78 Å². The fourth-order valence-electron chi connectivity index (χ4n) is 3.52. The van der Waals surface area contributed by atoms with Crippen LogP contribution >= 0.6 is 0 Å². The summed E-state index contributed by atoms with van der Waals surface area (Å²) in [6.45, 7) is 0. The molecule has 1 nitrogen and oxygen atoms in total. The Morgan fingerprint density at radius 3 is 2.59 bits per heavy atom. The van der Waals surface area contributed by atoms with E-state index in [-0.39, 0.29) is 5.92 Å². The van der Waals surface area contributed by atoms with Crippen LogP contribution in [0.4, 0.5) is 0 Å². The number of rotatable bonds is 2. The minimum atomic E-state index is 0.217. The predicted octanol–water partition coefficient (Wildman–Crippen LogP) is 3.87. The van der Waals surface area contributed by atoms with Crippen LogP contribution in [0.5, 0.6) is 0 Å². The predicted molar refractivity (Wildman–Crippen MR) is 69.1 cm³/mol. The van der Waals surface area contributed by atoms with Crippen LogP contribution in [0.25, 0.3) is 0 Å². The Bertz CT molecular complexity index is 415. The van der Waals surface area contributed by atoms with E-state index in [9.17, 15) is 4.79 Å². The summed E-state index contributed by atoms with van der Waals surface area (Å²) in [5.41, 5.74) is 2.73. The standard InChI is InChI=1S/C16H20O/c17-16(13-7-2-1-3-8-13)15-11-10-12-6-4-5-9-14(12)15/h4-6,9,13,15H,1-3,7-8,10-11H2. The Balaban J connectivity index is 1.79. The Morgan fingerprint density at radius 1 is 1.00 bits per heavy atom. The molecule has 0 amide bonds. The van der Waals surface area contributed by atoms with Gasteiger partial charge in [-0.05, 0) is 36.8 Å². The van der Waals surface area contributed by atoms with Gasteiger partial charge >= 0.3 is 0 Å². The van der Waals surface area contributed by atoms with Gasteiger partial charge in [0.05, 0.1) is 0 Å². The SMILES string of the molecule is O=C(C1CCCCC1)C1CCc2ccccc21. The van der Waals surface area contributed by atoms with Crippen molar-refractivity contribution >= 4 is 5.78 Å². The van der Waals surface area contributed by atoms with Gasteiger partial charge in [0, 0.05) is 11.8 Å². The van der Waals surface area contributed by atoms with Gasteiger partial charge in [-0.2, -0.15) is 0 Å². The lowest BCUT2D eigenvalue weighted by Gasteiger charge is -2.23. The highest BCUT2D eigenvalue weighted by molar-refractivity contribution is 5.89. The molecule has 0 spiro atoms. The number of Topliss-reactive ketones (excluding diaryl/α,β-unsaturated/α-hetero) is 1. The number of benzene rings is 1. The molecular formula is C16H20O. The van der Waals surface area contributed by atoms with Crippen LogP contribution in [0.3, 0.4) is 0 Å². The van der Waals surface area contributed by atoms with E-state index in [4.69, 9.17) is 0 Å². The fraction of sp³-hybridized carbons (Fsp3) is 0.562. The molecule has 0 bridgehead atoms. The van der Waals surface area contributed by atoms with Crippen LogP contribution in [-0.2, 0) is 11.2 Å². The Labute approximate surface area is 103 Å². The van der Waals surface area contributed by atoms with Crippen molar-refractivity contribution in [1.82, 2.24) is 0 Å². The van der Waals surface area contributed by atoms with E-state index in [1.807, 2.05) is 0 Å². The molecule has 2 aliphatic rings. The van der Waals surface area contributed by atoms with E-state index < -0.39 is 0 Å². The van der Waals surface area contributed by atoms with E-state index in [0.29, 0.717) is 11.7 Å². The zero-order chi connectivity index (χ0) is 11.7. The lowest BCUT2D eigenvalue weighted by atomic mass is 9.80. The quantitative estimate of drug-likeness (QED) is 0.751. The van der Waals surface area contributed by atoms with Crippen LogP contribution in [0.1, 0.15) is 55.6 Å². The number of hydrogen-bond acceptors (Lipinski definition) is 1. The van der Waals surface area contributed by atoms with E-state index in [1.165, 1.54) is 30.4 Å². The second kappa shape index (κ2) is 4.64. The molecule has 0 heterocycles. The maximum atomic E-state index is 12.6. The highest BCUT2D eigenvalue weighted by atomic mass is 16.1. The number of aryl methyl sites for hydroxylation is 1. The van der Waals surface area contributed by atoms with Gasteiger partial charge in [0.25, 0.3) is 0 Å². The van der Waals surface area contributed by atoms with Gasteiger partial charge in [-0.1, -0.05) is 43.5 Å². The highest BCUT2D eigenvalue weighted by Crippen LogP contribution is 2.38. The molecule has 0 aromatic heterocycles. The lowest BCUT2D eigenvalue weighted by molar-refractivity contribution is -0.125. The normalized spacial score (nSPS) is 24.6. The second-order valence-corrected chi connectivity index (χ2v) is 5.53. The number of carbonyl (C=O) groups is 1. The van der Waals surface area contributed by atoms with Gasteiger partial charge in [-0.3, -0.25) is 4.79 Å². The summed E-state index contributed by atoms with van der Waals surface area (Å²) in [5, 5.41) is 0. The second-order valence-electron chi connectivity index (χ2n) is 5.53. The molecule has 0 N–H and O–H groups in total. The third-order valence-electron chi connectivity index (χ3n) is 4.48. The maximum absolute atomic E-state index is 12.6. The van der Waals surface area contributed by atoms with Gasteiger partial charge in [-0.15, -0.1) is 0 Å². The van der Waals surface area contributed by atoms with Crippen LogP contribution in [0, 0.1) is 5.92 Å². The van der Waals surface area contributed by atoms with Crippen molar-refractivity contribution in [1.29, 1.82) is 0 Å². The van der Waals surface area contributed by atoms with E-state index in [2.05, 4.69) is 24.3 Å². The third kappa shape index (κ3) is 2.03. The van der Waals surface area contributed by atoms with Crippen molar-refractivity contribution < 1.29 is 4.79 Å². The molecular weight excluding hydrogens is 208 g/mol. The van der Waals surface area contributed by atoms with Gasteiger partial charge in [0.2, 0.25) is 0 Å². The van der Waals surface area contributed by atoms with Gasteiger partial charge < -0.3 is 0 Å². The third-order valence-corrected chi connectivity index (χ3v) is 4.48. The van der Waals surface area contributed by atoms with Crippen molar-refractivity contribution in [3.8, 4) is 0 Å². The van der Waals surface area contributed by atoms with Crippen molar-refractivity contribution in [3.63, 3.8) is 0 Å². The monoisotopic (exact) mass is 228 g/mol. The number of hydrogen-bond donors (Lipinski definition) is 0. The van der Waals surface area contributed by atoms with Crippen LogP contribution in [0.15, 0.2) is 24.3 Å². The molecule has 1 aromatic carbocycles. The van der Waals surface area contributed by atoms with Crippen molar-refractivity contribution in [2.24, 2.45) is 5.92 Å². The van der Waals surface area contributed by atoms with E-state index in [0.717, 1.165) is 25.7 Å². The van der Waals surface area contributed by atoms with Crippen molar-refractivity contribution in [3.05, 3.63) is 35.4 Å². The van der Waals surface area contributed by atoms with Gasteiger partial charge in [0.1, 0.15) is 5.78 Å². The molecule has 1 aromatic rings. The number of ketones is 1. The average molecular weight is 228 g/mol. The molecule has 3 rings (SSSR count). The first kappa shape index (κ1) is 11.0. The van der Waals surface area contributed by atoms with E-state index >= 15 is 0 Å². The zero-order valence-corrected chi connectivity index (χ0v) is 10.3. The average Bonchev–Trinajstić information content (AvgIpc) is 2.83. The maximum Gasteiger partial charge on any atom is 0.143 e. The smallest absolute Gasteiger partial charge is 0.143 e.